The molecule has 120 valence electrons. The molecule has 1 aromatic heterocycles. The highest BCUT2D eigenvalue weighted by molar-refractivity contribution is 6.06. The Bertz CT molecular complexity index is 851. The summed E-state index contributed by atoms with van der Waals surface area (Å²) < 4.78 is 6.02. The normalized spacial score (nSPS) is 20.3. The van der Waals surface area contributed by atoms with Crippen molar-refractivity contribution in [3.8, 4) is 0 Å². The van der Waals surface area contributed by atoms with Crippen LogP contribution in [0.25, 0.3) is 21.9 Å². The fraction of sp³-hybridized carbons (Fsp3) is 0.400. The van der Waals surface area contributed by atoms with Crippen molar-refractivity contribution in [1.29, 1.82) is 0 Å². The van der Waals surface area contributed by atoms with E-state index in [4.69, 9.17) is 4.42 Å². The molecule has 1 aliphatic rings. The summed E-state index contributed by atoms with van der Waals surface area (Å²) in [5.41, 5.74) is 4.59. The van der Waals surface area contributed by atoms with E-state index in [0.717, 1.165) is 17.7 Å². The molecule has 0 aliphatic carbocycles. The van der Waals surface area contributed by atoms with Crippen molar-refractivity contribution in [2.45, 2.75) is 32.9 Å². The van der Waals surface area contributed by atoms with Crippen molar-refractivity contribution in [2.75, 3.05) is 25.0 Å². The Morgan fingerprint density at radius 1 is 1.00 bits per heavy atom. The maximum absolute atomic E-state index is 6.02. The predicted molar refractivity (Wildman–Crippen MR) is 97.1 cm³/mol. The number of aryl methyl sites for hydroxylation is 1. The molecular weight excluding hydrogens is 284 g/mol. The Labute approximate surface area is 137 Å². The molecule has 3 aromatic rings. The van der Waals surface area contributed by atoms with Crippen molar-refractivity contribution >= 4 is 27.6 Å². The van der Waals surface area contributed by atoms with E-state index in [0.29, 0.717) is 6.17 Å². The van der Waals surface area contributed by atoms with E-state index in [1.807, 2.05) is 12.1 Å². The zero-order valence-electron chi connectivity index (χ0n) is 14.2. The highest BCUT2D eigenvalue weighted by Gasteiger charge is 2.23. The lowest BCUT2D eigenvalue weighted by Gasteiger charge is -2.35. The van der Waals surface area contributed by atoms with Crippen molar-refractivity contribution in [1.82, 2.24) is 4.90 Å². The molecule has 1 saturated heterocycles. The van der Waals surface area contributed by atoms with Crippen LogP contribution >= 0.6 is 0 Å². The molecule has 0 radical (unpaired) electrons. The van der Waals surface area contributed by atoms with Gasteiger partial charge in [0.15, 0.2) is 0 Å². The molecule has 1 atom stereocenters. The average Bonchev–Trinajstić information content (AvgIpc) is 2.82. The van der Waals surface area contributed by atoms with Crippen LogP contribution in [0.2, 0.25) is 0 Å². The van der Waals surface area contributed by atoms with Gasteiger partial charge in [-0.25, -0.2) is 0 Å². The molecule has 2 aromatic carbocycles. The summed E-state index contributed by atoms with van der Waals surface area (Å²) in [4.78, 5) is 4.99. The maximum atomic E-state index is 6.02. The van der Waals surface area contributed by atoms with Crippen LogP contribution in [0.5, 0.6) is 0 Å². The topological polar surface area (TPSA) is 19.6 Å². The number of benzene rings is 2. The van der Waals surface area contributed by atoms with E-state index in [2.05, 4.69) is 55.0 Å². The van der Waals surface area contributed by atoms with Gasteiger partial charge in [-0.15, -0.1) is 0 Å². The molecule has 1 fully saturated rings. The van der Waals surface area contributed by atoms with Crippen LogP contribution < -0.4 is 4.90 Å². The fourth-order valence-electron chi connectivity index (χ4n) is 3.75. The molecule has 4 rings (SSSR count). The lowest BCUT2D eigenvalue weighted by Crippen LogP contribution is -2.43. The minimum Gasteiger partial charge on any atom is -0.456 e. The fourth-order valence-corrected chi connectivity index (χ4v) is 3.75. The number of furan rings is 1. The van der Waals surface area contributed by atoms with Crippen molar-refractivity contribution in [3.05, 3.63) is 42.0 Å². The summed E-state index contributed by atoms with van der Waals surface area (Å²) in [6.45, 7) is 6.79. The van der Waals surface area contributed by atoms with Crippen molar-refractivity contribution < 1.29 is 4.42 Å². The Morgan fingerprint density at radius 3 is 2.65 bits per heavy atom. The summed E-state index contributed by atoms with van der Waals surface area (Å²) in [6.07, 6.45) is 2.94. The summed E-state index contributed by atoms with van der Waals surface area (Å²) >= 11 is 0. The molecule has 0 unspecified atom stereocenters. The Balaban J connectivity index is 1.88. The van der Waals surface area contributed by atoms with Crippen LogP contribution in [0.4, 0.5) is 5.69 Å². The molecule has 0 saturated carbocycles. The van der Waals surface area contributed by atoms with E-state index in [1.54, 1.807) is 0 Å². The molecular formula is C20H24N2O. The summed E-state index contributed by atoms with van der Waals surface area (Å²) in [5, 5.41) is 2.43. The van der Waals surface area contributed by atoms with Crippen LogP contribution in [0.1, 0.15) is 25.3 Å². The second-order valence-electron chi connectivity index (χ2n) is 6.75. The monoisotopic (exact) mass is 308 g/mol. The van der Waals surface area contributed by atoms with Gasteiger partial charge in [-0.3, -0.25) is 4.90 Å². The van der Waals surface area contributed by atoms with Gasteiger partial charge in [-0.1, -0.05) is 18.2 Å². The Hall–Kier alpha value is -2.00. The maximum Gasteiger partial charge on any atom is 0.135 e. The van der Waals surface area contributed by atoms with E-state index in [-0.39, 0.29) is 0 Å². The highest BCUT2D eigenvalue weighted by atomic mass is 16.3. The average molecular weight is 308 g/mol. The van der Waals surface area contributed by atoms with Gasteiger partial charge in [0.1, 0.15) is 11.2 Å². The predicted octanol–water partition coefficient (Wildman–Crippen LogP) is 4.77. The number of rotatable bonds is 1. The largest absolute Gasteiger partial charge is 0.456 e. The Kier molecular flexibility index (Phi) is 3.53. The van der Waals surface area contributed by atoms with E-state index < -0.39 is 0 Å². The number of anilines is 1. The van der Waals surface area contributed by atoms with E-state index >= 15 is 0 Å². The molecule has 0 spiro atoms. The zero-order chi connectivity index (χ0) is 16.0. The summed E-state index contributed by atoms with van der Waals surface area (Å²) in [6, 6.07) is 12.8. The minimum atomic E-state index is 0.423. The summed E-state index contributed by atoms with van der Waals surface area (Å²) in [5.74, 6) is 0. The molecule has 3 nitrogen and oxygen atoms in total. The quantitative estimate of drug-likeness (QED) is 0.645. The van der Waals surface area contributed by atoms with E-state index in [9.17, 15) is 0 Å². The zero-order valence-corrected chi connectivity index (χ0v) is 14.2. The smallest absolute Gasteiger partial charge is 0.135 e. The van der Waals surface area contributed by atoms with Crippen molar-refractivity contribution in [3.63, 3.8) is 0 Å². The van der Waals surface area contributed by atoms with Crippen LogP contribution in [0.3, 0.4) is 0 Å². The van der Waals surface area contributed by atoms with Gasteiger partial charge in [-0.05, 0) is 64.0 Å². The van der Waals surface area contributed by atoms with Gasteiger partial charge in [0.25, 0.3) is 0 Å². The van der Waals surface area contributed by atoms with Gasteiger partial charge in [0, 0.05) is 23.0 Å². The van der Waals surface area contributed by atoms with Gasteiger partial charge >= 0.3 is 0 Å². The molecule has 0 amide bonds. The molecule has 3 heteroatoms. The molecule has 23 heavy (non-hydrogen) atoms. The molecule has 0 N–H and O–H groups in total. The minimum absolute atomic E-state index is 0.423. The van der Waals surface area contributed by atoms with Gasteiger partial charge in [0.2, 0.25) is 0 Å². The lowest BCUT2D eigenvalue weighted by atomic mass is 10.1. The third kappa shape index (κ3) is 2.40. The summed E-state index contributed by atoms with van der Waals surface area (Å²) in [7, 11) is 2.23. The number of nitrogens with zero attached hydrogens (tertiary/aromatic N) is 2. The second-order valence-corrected chi connectivity index (χ2v) is 6.75. The van der Waals surface area contributed by atoms with Gasteiger partial charge in [0.05, 0.1) is 6.17 Å². The van der Waals surface area contributed by atoms with Crippen LogP contribution in [-0.2, 0) is 0 Å². The first-order valence-corrected chi connectivity index (χ1v) is 8.54. The second kappa shape index (κ2) is 5.57. The van der Waals surface area contributed by atoms with E-state index in [1.165, 1.54) is 41.4 Å². The number of para-hydroxylation sites is 1. The standard InChI is InChI=1S/C20H24N2O/c1-14-12-20-17(16-8-4-5-9-19(16)23-20)13-18(14)22-11-7-6-10-21(3)15(22)2/h4-5,8-9,12-13,15H,6-7,10-11H2,1-3H3/t15-/m0/s1. The first-order valence-electron chi connectivity index (χ1n) is 8.54. The van der Waals surface area contributed by atoms with Crippen LogP contribution in [0.15, 0.2) is 40.8 Å². The van der Waals surface area contributed by atoms with Crippen molar-refractivity contribution in [2.24, 2.45) is 0 Å². The van der Waals surface area contributed by atoms with Crippen LogP contribution in [-0.4, -0.2) is 31.2 Å². The van der Waals surface area contributed by atoms with Gasteiger partial charge < -0.3 is 9.32 Å². The number of hydrogen-bond donors (Lipinski definition) is 0. The molecule has 1 aliphatic heterocycles. The Morgan fingerprint density at radius 2 is 1.78 bits per heavy atom. The number of hydrogen-bond acceptors (Lipinski definition) is 3. The highest BCUT2D eigenvalue weighted by Crippen LogP contribution is 2.35. The third-order valence-electron chi connectivity index (χ3n) is 5.25. The number of fused-ring (bicyclic) bond motifs is 3. The van der Waals surface area contributed by atoms with Gasteiger partial charge in [-0.2, -0.15) is 0 Å². The third-order valence-corrected chi connectivity index (χ3v) is 5.25. The molecule has 2 heterocycles. The van der Waals surface area contributed by atoms with Crippen LogP contribution in [0, 0.1) is 6.92 Å². The SMILES string of the molecule is Cc1cc2oc3ccccc3c2cc1N1CCCCN(C)[C@@H]1C. The first kappa shape index (κ1) is 14.6. The molecule has 0 bridgehead atoms. The first-order chi connectivity index (χ1) is 11.1. The lowest BCUT2D eigenvalue weighted by molar-refractivity contribution is 0.267.